The summed E-state index contributed by atoms with van der Waals surface area (Å²) in [5.41, 5.74) is 6.59. The molecule has 2 aromatic rings. The predicted octanol–water partition coefficient (Wildman–Crippen LogP) is 1.94. The van der Waals surface area contributed by atoms with E-state index in [0.717, 1.165) is 13.6 Å². The molecule has 0 aliphatic carbocycles. The van der Waals surface area contributed by atoms with Crippen molar-refractivity contribution < 1.29 is 4.79 Å². The second-order valence-corrected chi connectivity index (χ2v) is 5.03. The molecular formula is C9H6BrIN4O. The molecule has 1 aromatic heterocycles. The maximum atomic E-state index is 11.1. The molecule has 0 saturated carbocycles. The van der Waals surface area contributed by atoms with Gasteiger partial charge in [-0.1, -0.05) is 6.07 Å². The minimum Gasteiger partial charge on any atom is -0.364 e. The van der Waals surface area contributed by atoms with Crippen molar-refractivity contribution in [2.24, 2.45) is 5.73 Å². The van der Waals surface area contributed by atoms with Crippen LogP contribution in [0.25, 0.3) is 11.3 Å². The minimum atomic E-state index is -0.599. The summed E-state index contributed by atoms with van der Waals surface area (Å²) in [7, 11) is 0. The van der Waals surface area contributed by atoms with E-state index < -0.39 is 5.91 Å². The van der Waals surface area contributed by atoms with Gasteiger partial charge in [0.05, 0.1) is 0 Å². The monoisotopic (exact) mass is 392 g/mol. The van der Waals surface area contributed by atoms with Crippen LogP contribution in [0, 0.1) is 3.57 Å². The number of primary amides is 1. The predicted molar refractivity (Wildman–Crippen MR) is 70.8 cm³/mol. The number of aromatic amines is 1. The van der Waals surface area contributed by atoms with Crippen molar-refractivity contribution >= 4 is 44.4 Å². The van der Waals surface area contributed by atoms with Crippen LogP contribution in [0.4, 0.5) is 0 Å². The molecule has 16 heavy (non-hydrogen) atoms. The summed E-state index contributed by atoms with van der Waals surface area (Å²) in [6.07, 6.45) is 0. The Morgan fingerprint density at radius 3 is 2.81 bits per heavy atom. The standard InChI is InChI=1S/C9H6BrIN4O/c10-5-3-4(1-2-6(5)11)7-8(9(12)16)14-15-13-7/h1-3H,(H2,12,16)(H,13,14,15). The Morgan fingerprint density at radius 2 is 2.19 bits per heavy atom. The van der Waals surface area contributed by atoms with E-state index in [1.165, 1.54) is 0 Å². The Hall–Kier alpha value is -0.960. The molecule has 0 spiro atoms. The Kier molecular flexibility index (Phi) is 3.24. The first-order chi connectivity index (χ1) is 7.59. The van der Waals surface area contributed by atoms with Crippen LogP contribution in [0.1, 0.15) is 10.5 Å². The van der Waals surface area contributed by atoms with Gasteiger partial charge in [-0.25, -0.2) is 0 Å². The van der Waals surface area contributed by atoms with Crippen LogP contribution in [0.15, 0.2) is 22.7 Å². The Labute approximate surface area is 113 Å². The van der Waals surface area contributed by atoms with Crippen LogP contribution in [0.2, 0.25) is 0 Å². The van der Waals surface area contributed by atoms with Gasteiger partial charge in [-0.2, -0.15) is 15.4 Å². The number of rotatable bonds is 2. The molecule has 5 nitrogen and oxygen atoms in total. The summed E-state index contributed by atoms with van der Waals surface area (Å²) in [6, 6.07) is 5.64. The quantitative estimate of drug-likeness (QED) is 0.766. The van der Waals surface area contributed by atoms with Crippen molar-refractivity contribution in [3.05, 3.63) is 31.9 Å². The number of carbonyl (C=O) groups is 1. The number of nitrogens with zero attached hydrogens (tertiary/aromatic N) is 2. The Balaban J connectivity index is 2.54. The van der Waals surface area contributed by atoms with Crippen molar-refractivity contribution in [2.75, 3.05) is 0 Å². The lowest BCUT2D eigenvalue weighted by Crippen LogP contribution is -2.12. The van der Waals surface area contributed by atoms with E-state index in [1.54, 1.807) is 0 Å². The van der Waals surface area contributed by atoms with Gasteiger partial charge < -0.3 is 5.73 Å². The summed E-state index contributed by atoms with van der Waals surface area (Å²) in [5.74, 6) is -0.599. The van der Waals surface area contributed by atoms with E-state index in [1.807, 2.05) is 18.2 Å². The number of hydrogen-bond acceptors (Lipinski definition) is 3. The van der Waals surface area contributed by atoms with Gasteiger partial charge in [-0.05, 0) is 50.7 Å². The topological polar surface area (TPSA) is 84.7 Å². The number of aromatic nitrogens is 3. The third-order valence-electron chi connectivity index (χ3n) is 1.97. The lowest BCUT2D eigenvalue weighted by atomic mass is 10.1. The zero-order chi connectivity index (χ0) is 11.7. The molecule has 1 heterocycles. The fourth-order valence-electron chi connectivity index (χ4n) is 1.25. The summed E-state index contributed by atoms with van der Waals surface area (Å²) < 4.78 is 2.01. The largest absolute Gasteiger partial charge is 0.364 e. The summed E-state index contributed by atoms with van der Waals surface area (Å²) >= 11 is 5.61. The lowest BCUT2D eigenvalue weighted by Gasteiger charge is -2.00. The zero-order valence-corrected chi connectivity index (χ0v) is 11.6. The molecule has 82 valence electrons. The highest BCUT2D eigenvalue weighted by atomic mass is 127. The smallest absolute Gasteiger partial charge is 0.271 e. The van der Waals surface area contributed by atoms with Gasteiger partial charge in [0.2, 0.25) is 0 Å². The average molecular weight is 393 g/mol. The SMILES string of the molecule is NC(=O)c1n[nH]nc1-c1ccc(I)c(Br)c1. The fraction of sp³-hybridized carbons (Fsp3) is 0. The normalized spacial score (nSPS) is 10.4. The van der Waals surface area contributed by atoms with E-state index >= 15 is 0 Å². The molecule has 1 aromatic carbocycles. The summed E-state index contributed by atoms with van der Waals surface area (Å²) in [6.45, 7) is 0. The van der Waals surface area contributed by atoms with E-state index in [2.05, 4.69) is 53.9 Å². The first-order valence-corrected chi connectivity index (χ1v) is 6.12. The second-order valence-electron chi connectivity index (χ2n) is 3.01. The van der Waals surface area contributed by atoms with Crippen molar-refractivity contribution in [3.8, 4) is 11.3 Å². The molecule has 0 atom stereocenters. The number of halogens is 2. The molecule has 0 saturated heterocycles. The van der Waals surface area contributed by atoms with E-state index in [9.17, 15) is 4.79 Å². The van der Waals surface area contributed by atoms with Gasteiger partial charge in [0, 0.05) is 13.6 Å². The van der Waals surface area contributed by atoms with E-state index in [4.69, 9.17) is 5.73 Å². The van der Waals surface area contributed by atoms with Crippen LogP contribution in [0.3, 0.4) is 0 Å². The third-order valence-corrected chi connectivity index (χ3v) is 4.31. The van der Waals surface area contributed by atoms with Gasteiger partial charge >= 0.3 is 0 Å². The fourth-order valence-corrected chi connectivity index (χ4v) is 1.96. The molecule has 0 bridgehead atoms. The van der Waals surface area contributed by atoms with Crippen molar-refractivity contribution in [1.29, 1.82) is 0 Å². The number of carbonyl (C=O) groups excluding carboxylic acids is 1. The molecule has 2 rings (SSSR count). The maximum Gasteiger partial charge on any atom is 0.271 e. The number of H-pyrrole nitrogens is 1. The van der Waals surface area contributed by atoms with Crippen LogP contribution < -0.4 is 5.73 Å². The first kappa shape index (κ1) is 11.5. The summed E-state index contributed by atoms with van der Waals surface area (Å²) in [5, 5.41) is 10.0. The number of nitrogens with one attached hydrogen (secondary N) is 1. The van der Waals surface area contributed by atoms with Crippen LogP contribution in [-0.4, -0.2) is 21.3 Å². The molecule has 0 aliphatic rings. The molecule has 0 aliphatic heterocycles. The first-order valence-electron chi connectivity index (χ1n) is 4.25. The highest BCUT2D eigenvalue weighted by Gasteiger charge is 2.15. The van der Waals surface area contributed by atoms with Crippen molar-refractivity contribution in [3.63, 3.8) is 0 Å². The number of amides is 1. The third kappa shape index (κ3) is 2.09. The van der Waals surface area contributed by atoms with E-state index in [-0.39, 0.29) is 5.69 Å². The zero-order valence-electron chi connectivity index (χ0n) is 7.87. The van der Waals surface area contributed by atoms with Crippen LogP contribution in [-0.2, 0) is 0 Å². The Morgan fingerprint density at radius 1 is 1.44 bits per heavy atom. The highest BCUT2D eigenvalue weighted by molar-refractivity contribution is 14.1. The van der Waals surface area contributed by atoms with Gasteiger partial charge in [-0.15, -0.1) is 0 Å². The van der Waals surface area contributed by atoms with Crippen LogP contribution >= 0.6 is 38.5 Å². The molecule has 0 radical (unpaired) electrons. The van der Waals surface area contributed by atoms with Gasteiger partial charge in [0.25, 0.3) is 5.91 Å². The lowest BCUT2D eigenvalue weighted by molar-refractivity contribution is 0.0996. The maximum absolute atomic E-state index is 11.1. The molecule has 3 N–H and O–H groups in total. The van der Waals surface area contributed by atoms with Crippen LogP contribution in [0.5, 0.6) is 0 Å². The highest BCUT2D eigenvalue weighted by Crippen LogP contribution is 2.26. The molecule has 7 heteroatoms. The number of benzene rings is 1. The summed E-state index contributed by atoms with van der Waals surface area (Å²) in [4.78, 5) is 11.1. The number of hydrogen-bond donors (Lipinski definition) is 2. The number of nitrogens with two attached hydrogens (primary N) is 1. The van der Waals surface area contributed by atoms with Crippen molar-refractivity contribution in [2.45, 2.75) is 0 Å². The van der Waals surface area contributed by atoms with Gasteiger partial charge in [-0.3, -0.25) is 4.79 Å². The second kappa shape index (κ2) is 4.50. The Bertz CT molecular complexity index is 554. The molecule has 0 fully saturated rings. The van der Waals surface area contributed by atoms with E-state index in [0.29, 0.717) is 5.69 Å². The van der Waals surface area contributed by atoms with Gasteiger partial charge in [0.15, 0.2) is 5.69 Å². The van der Waals surface area contributed by atoms with Gasteiger partial charge in [0.1, 0.15) is 5.69 Å². The minimum absolute atomic E-state index is 0.146. The van der Waals surface area contributed by atoms with Crippen molar-refractivity contribution in [1.82, 2.24) is 15.4 Å². The average Bonchev–Trinajstić information content (AvgIpc) is 2.71. The molecule has 0 unspecified atom stereocenters. The molecule has 1 amide bonds. The molecular weight excluding hydrogens is 387 g/mol.